The SMILES string of the molecule is CCCCCCN(CCCCCC)c1nc2ccccc2n1CCCCCC. The van der Waals surface area contributed by atoms with E-state index in [1.165, 1.54) is 88.5 Å². The van der Waals surface area contributed by atoms with Crippen LogP contribution in [0.1, 0.15) is 97.8 Å². The third-order valence-corrected chi connectivity index (χ3v) is 5.72. The van der Waals surface area contributed by atoms with Crippen molar-refractivity contribution in [3.05, 3.63) is 24.3 Å². The van der Waals surface area contributed by atoms with Gasteiger partial charge < -0.3 is 9.47 Å². The third kappa shape index (κ3) is 7.14. The summed E-state index contributed by atoms with van der Waals surface area (Å²) >= 11 is 0. The van der Waals surface area contributed by atoms with Gasteiger partial charge in [-0.05, 0) is 31.4 Å². The number of nitrogens with zero attached hydrogens (tertiary/aromatic N) is 3. The average Bonchev–Trinajstić information content (AvgIpc) is 3.08. The first kappa shape index (κ1) is 22.8. The topological polar surface area (TPSA) is 21.1 Å². The second-order valence-electron chi connectivity index (χ2n) is 8.22. The van der Waals surface area contributed by atoms with E-state index in [0.29, 0.717) is 0 Å². The molecule has 1 aromatic carbocycles. The molecule has 2 rings (SSSR count). The second-order valence-corrected chi connectivity index (χ2v) is 8.22. The van der Waals surface area contributed by atoms with Crippen LogP contribution in [0.2, 0.25) is 0 Å². The highest BCUT2D eigenvalue weighted by Gasteiger charge is 2.16. The van der Waals surface area contributed by atoms with Crippen LogP contribution in [0.25, 0.3) is 11.0 Å². The highest BCUT2D eigenvalue weighted by Crippen LogP contribution is 2.25. The van der Waals surface area contributed by atoms with E-state index >= 15 is 0 Å². The molecule has 3 nitrogen and oxygen atoms in total. The van der Waals surface area contributed by atoms with Crippen molar-refractivity contribution in [2.45, 2.75) is 104 Å². The van der Waals surface area contributed by atoms with Crippen molar-refractivity contribution in [2.24, 2.45) is 0 Å². The highest BCUT2D eigenvalue weighted by molar-refractivity contribution is 5.78. The maximum Gasteiger partial charge on any atom is 0.206 e. The lowest BCUT2D eigenvalue weighted by molar-refractivity contribution is 0.564. The number of fused-ring (bicyclic) bond motifs is 1. The molecule has 0 aliphatic carbocycles. The Bertz CT molecular complexity index is 634. The van der Waals surface area contributed by atoms with Crippen molar-refractivity contribution in [2.75, 3.05) is 18.0 Å². The van der Waals surface area contributed by atoms with Crippen LogP contribution in [-0.2, 0) is 6.54 Å². The van der Waals surface area contributed by atoms with Gasteiger partial charge in [0, 0.05) is 19.6 Å². The zero-order valence-corrected chi connectivity index (χ0v) is 18.8. The molecular formula is C25H43N3. The molecule has 2 aromatic rings. The van der Waals surface area contributed by atoms with Gasteiger partial charge in [0.05, 0.1) is 11.0 Å². The normalized spacial score (nSPS) is 11.4. The minimum Gasteiger partial charge on any atom is -0.342 e. The second kappa shape index (κ2) is 13.6. The molecule has 0 aliphatic rings. The number of aromatic nitrogens is 2. The van der Waals surface area contributed by atoms with Crippen molar-refractivity contribution >= 4 is 17.0 Å². The molecule has 0 N–H and O–H groups in total. The monoisotopic (exact) mass is 385 g/mol. The van der Waals surface area contributed by atoms with Crippen molar-refractivity contribution in [3.8, 4) is 0 Å². The molecule has 0 fully saturated rings. The maximum absolute atomic E-state index is 5.10. The molecule has 0 radical (unpaired) electrons. The number of unbranched alkanes of at least 4 members (excludes halogenated alkanes) is 9. The van der Waals surface area contributed by atoms with Crippen LogP contribution < -0.4 is 4.90 Å². The Kier molecular flexibility index (Phi) is 11.1. The average molecular weight is 386 g/mol. The third-order valence-electron chi connectivity index (χ3n) is 5.72. The molecule has 0 aliphatic heterocycles. The Hall–Kier alpha value is -1.51. The smallest absolute Gasteiger partial charge is 0.206 e. The van der Waals surface area contributed by atoms with Crippen LogP contribution >= 0.6 is 0 Å². The minimum atomic E-state index is 1.09. The summed E-state index contributed by atoms with van der Waals surface area (Å²) in [7, 11) is 0. The van der Waals surface area contributed by atoms with Gasteiger partial charge in [-0.2, -0.15) is 0 Å². The molecule has 158 valence electrons. The molecular weight excluding hydrogens is 342 g/mol. The van der Waals surface area contributed by atoms with Gasteiger partial charge in [-0.15, -0.1) is 0 Å². The van der Waals surface area contributed by atoms with Crippen molar-refractivity contribution < 1.29 is 0 Å². The quantitative estimate of drug-likeness (QED) is 0.278. The van der Waals surface area contributed by atoms with Crippen LogP contribution in [0.3, 0.4) is 0 Å². The Labute approximate surface area is 173 Å². The van der Waals surface area contributed by atoms with Crippen LogP contribution in [0.15, 0.2) is 24.3 Å². The van der Waals surface area contributed by atoms with E-state index in [1.807, 2.05) is 0 Å². The lowest BCUT2D eigenvalue weighted by atomic mass is 10.1. The number of aryl methyl sites for hydroxylation is 1. The fourth-order valence-electron chi connectivity index (χ4n) is 3.99. The van der Waals surface area contributed by atoms with E-state index in [4.69, 9.17) is 4.98 Å². The minimum absolute atomic E-state index is 1.09. The predicted molar refractivity (Wildman–Crippen MR) is 124 cm³/mol. The summed E-state index contributed by atoms with van der Waals surface area (Å²) in [5.41, 5.74) is 2.46. The van der Waals surface area contributed by atoms with E-state index in [-0.39, 0.29) is 0 Å². The summed E-state index contributed by atoms with van der Waals surface area (Å²) in [5.74, 6) is 1.21. The fraction of sp³-hybridized carbons (Fsp3) is 0.720. The Morgan fingerprint density at radius 3 is 1.89 bits per heavy atom. The standard InChI is InChI=1S/C25H43N3/c1-4-7-10-15-20-27(21-16-11-8-5-2)25-26-23-18-13-14-19-24(23)28(25)22-17-12-9-6-3/h13-14,18-19H,4-12,15-17,20-22H2,1-3H3. The number of hydrogen-bond acceptors (Lipinski definition) is 2. The summed E-state index contributed by atoms with van der Waals surface area (Å²) in [5, 5.41) is 0. The first-order valence-corrected chi connectivity index (χ1v) is 12.0. The number of anilines is 1. The number of benzene rings is 1. The van der Waals surface area contributed by atoms with Crippen LogP contribution in [-0.4, -0.2) is 22.6 Å². The number of rotatable bonds is 16. The zero-order valence-electron chi connectivity index (χ0n) is 18.8. The molecule has 0 saturated heterocycles. The van der Waals surface area contributed by atoms with E-state index in [2.05, 4.69) is 54.5 Å². The van der Waals surface area contributed by atoms with Gasteiger partial charge in [-0.25, -0.2) is 4.98 Å². The van der Waals surface area contributed by atoms with Gasteiger partial charge in [0.2, 0.25) is 5.95 Å². The van der Waals surface area contributed by atoms with Crippen LogP contribution in [0.5, 0.6) is 0 Å². The number of imidazole rings is 1. The van der Waals surface area contributed by atoms with Crippen molar-refractivity contribution in [1.29, 1.82) is 0 Å². The zero-order chi connectivity index (χ0) is 20.0. The molecule has 0 saturated carbocycles. The van der Waals surface area contributed by atoms with E-state index < -0.39 is 0 Å². The van der Waals surface area contributed by atoms with E-state index in [1.54, 1.807) is 0 Å². The summed E-state index contributed by atoms with van der Waals surface area (Å²) in [6, 6.07) is 8.70. The highest BCUT2D eigenvalue weighted by atomic mass is 15.3. The molecule has 3 heteroatoms. The maximum atomic E-state index is 5.10. The van der Waals surface area contributed by atoms with E-state index in [9.17, 15) is 0 Å². The van der Waals surface area contributed by atoms with E-state index in [0.717, 1.165) is 25.2 Å². The first-order valence-electron chi connectivity index (χ1n) is 12.0. The first-order chi connectivity index (χ1) is 13.8. The Morgan fingerprint density at radius 1 is 0.714 bits per heavy atom. The Morgan fingerprint density at radius 2 is 1.29 bits per heavy atom. The van der Waals surface area contributed by atoms with Crippen LogP contribution in [0, 0.1) is 0 Å². The number of para-hydroxylation sites is 2. The van der Waals surface area contributed by atoms with Gasteiger partial charge in [0.15, 0.2) is 0 Å². The largest absolute Gasteiger partial charge is 0.342 e. The summed E-state index contributed by atoms with van der Waals surface area (Å²) < 4.78 is 2.50. The molecule has 0 amide bonds. The van der Waals surface area contributed by atoms with Gasteiger partial charge >= 0.3 is 0 Å². The van der Waals surface area contributed by atoms with Crippen LogP contribution in [0.4, 0.5) is 5.95 Å². The molecule has 28 heavy (non-hydrogen) atoms. The predicted octanol–water partition coefficient (Wildman–Crippen LogP) is 7.58. The lowest BCUT2D eigenvalue weighted by Gasteiger charge is -2.25. The molecule has 0 unspecified atom stereocenters. The van der Waals surface area contributed by atoms with Gasteiger partial charge in [0.25, 0.3) is 0 Å². The van der Waals surface area contributed by atoms with Gasteiger partial charge in [-0.1, -0.05) is 90.7 Å². The molecule has 1 heterocycles. The summed E-state index contributed by atoms with van der Waals surface area (Å²) in [6.07, 6.45) is 15.7. The van der Waals surface area contributed by atoms with Crippen molar-refractivity contribution in [1.82, 2.24) is 9.55 Å². The van der Waals surface area contributed by atoms with Gasteiger partial charge in [-0.3, -0.25) is 0 Å². The van der Waals surface area contributed by atoms with Gasteiger partial charge in [0.1, 0.15) is 0 Å². The molecule has 0 atom stereocenters. The number of hydrogen-bond donors (Lipinski definition) is 0. The summed E-state index contributed by atoms with van der Waals surface area (Å²) in [6.45, 7) is 10.2. The Balaban J connectivity index is 2.17. The molecule has 0 spiro atoms. The summed E-state index contributed by atoms with van der Waals surface area (Å²) in [4.78, 5) is 7.69. The molecule has 1 aromatic heterocycles. The molecule has 0 bridgehead atoms. The fourth-order valence-corrected chi connectivity index (χ4v) is 3.99. The van der Waals surface area contributed by atoms with Crippen molar-refractivity contribution in [3.63, 3.8) is 0 Å². The lowest BCUT2D eigenvalue weighted by Crippen LogP contribution is -2.29.